The van der Waals surface area contributed by atoms with Gasteiger partial charge in [0.1, 0.15) is 11.5 Å². The van der Waals surface area contributed by atoms with E-state index in [0.717, 1.165) is 31.2 Å². The molecule has 1 heterocycles. The van der Waals surface area contributed by atoms with E-state index >= 15 is 0 Å². The number of rotatable bonds is 7. The van der Waals surface area contributed by atoms with Gasteiger partial charge in [0.05, 0.1) is 12.6 Å². The zero-order valence-electron chi connectivity index (χ0n) is 18.4. The van der Waals surface area contributed by atoms with Crippen molar-refractivity contribution in [2.24, 2.45) is 27.1 Å². The minimum Gasteiger partial charge on any atom is -0.393 e. The number of hydrogen-bond acceptors (Lipinski definition) is 5. The maximum absolute atomic E-state index is 13.4. The summed E-state index contributed by atoms with van der Waals surface area (Å²) in [5.74, 6) is -0.108. The van der Waals surface area contributed by atoms with Crippen molar-refractivity contribution in [1.82, 2.24) is 10.3 Å². The van der Waals surface area contributed by atoms with Crippen molar-refractivity contribution in [2.75, 3.05) is 6.54 Å². The number of pyridine rings is 1. The molecule has 0 radical (unpaired) electrons. The van der Waals surface area contributed by atoms with Crippen molar-refractivity contribution in [3.8, 4) is 0 Å². The van der Waals surface area contributed by atoms with E-state index in [-0.39, 0.29) is 35.9 Å². The van der Waals surface area contributed by atoms with E-state index in [1.165, 1.54) is 6.07 Å². The first-order valence-electron chi connectivity index (χ1n) is 10.7. The summed E-state index contributed by atoms with van der Waals surface area (Å²) in [6, 6.07) is 7.97. The molecule has 4 N–H and O–H groups in total. The van der Waals surface area contributed by atoms with Crippen LogP contribution in [0.5, 0.6) is 0 Å². The highest BCUT2D eigenvalue weighted by Crippen LogP contribution is 2.24. The summed E-state index contributed by atoms with van der Waals surface area (Å²) in [6.45, 7) is 4.24. The number of aromatic nitrogens is 1. The number of aliphatic hydroxyl groups excluding tert-OH is 1. The van der Waals surface area contributed by atoms with Crippen molar-refractivity contribution in [3.05, 3.63) is 64.2 Å². The summed E-state index contributed by atoms with van der Waals surface area (Å²) in [5.41, 5.74) is 8.69. The second-order valence-corrected chi connectivity index (χ2v) is 8.22. The van der Waals surface area contributed by atoms with Crippen molar-refractivity contribution in [1.29, 1.82) is 0 Å². The van der Waals surface area contributed by atoms with Gasteiger partial charge < -0.3 is 16.2 Å². The Balaban J connectivity index is 1.60. The Morgan fingerprint density at radius 1 is 1.22 bits per heavy atom. The first-order chi connectivity index (χ1) is 15.3. The number of hydrogen-bond donors (Lipinski definition) is 3. The number of amides is 1. The molecular formula is C23H29FN6O2. The zero-order valence-corrected chi connectivity index (χ0v) is 18.4. The molecule has 0 atom stereocenters. The molecule has 1 fully saturated rings. The van der Waals surface area contributed by atoms with E-state index in [9.17, 15) is 14.3 Å². The first-order valence-corrected chi connectivity index (χ1v) is 10.7. The van der Waals surface area contributed by atoms with E-state index in [0.29, 0.717) is 29.3 Å². The van der Waals surface area contributed by atoms with Crippen LogP contribution in [0.3, 0.4) is 0 Å². The lowest BCUT2D eigenvalue weighted by Gasteiger charge is -2.23. The number of amidine groups is 1. The molecule has 2 aromatic rings. The fourth-order valence-corrected chi connectivity index (χ4v) is 3.64. The Hall–Kier alpha value is -3.20. The Morgan fingerprint density at radius 2 is 1.97 bits per heavy atom. The molecule has 3 rings (SSSR count). The van der Waals surface area contributed by atoms with Gasteiger partial charge in [-0.25, -0.2) is 9.37 Å². The summed E-state index contributed by atoms with van der Waals surface area (Å²) in [5, 5.41) is 24.2. The maximum atomic E-state index is 13.4. The number of halogens is 1. The molecule has 1 aliphatic carbocycles. The highest BCUT2D eigenvalue weighted by Gasteiger charge is 2.18. The van der Waals surface area contributed by atoms with Crippen molar-refractivity contribution >= 4 is 11.7 Å². The van der Waals surface area contributed by atoms with E-state index in [2.05, 4.69) is 25.7 Å². The molecule has 1 aliphatic rings. The number of carbonyl (C=O) groups is 1. The quantitative estimate of drug-likeness (QED) is 0.264. The van der Waals surface area contributed by atoms with Crippen LogP contribution in [0.15, 0.2) is 45.8 Å². The van der Waals surface area contributed by atoms with Gasteiger partial charge in [-0.3, -0.25) is 4.79 Å². The number of aryl methyl sites for hydroxylation is 2. The number of nitrogens with two attached hydrogens (primary N) is 1. The van der Waals surface area contributed by atoms with E-state index in [1.807, 2.05) is 0 Å². The Kier molecular flexibility index (Phi) is 7.99. The van der Waals surface area contributed by atoms with E-state index in [1.54, 1.807) is 38.1 Å². The molecule has 0 saturated heterocycles. The van der Waals surface area contributed by atoms with Crippen molar-refractivity contribution < 1.29 is 14.3 Å². The highest BCUT2D eigenvalue weighted by molar-refractivity contribution is 6.00. The molecule has 1 aromatic heterocycles. The Bertz CT molecular complexity index is 1020. The van der Waals surface area contributed by atoms with E-state index < -0.39 is 0 Å². The SMILES string of the molecule is Cc1cc(C(N)=NN=NCC2CCC(O)CC2)cc(C(=O)NCc2ccc(F)c(C)c2)n1. The highest BCUT2D eigenvalue weighted by atomic mass is 19.1. The predicted octanol–water partition coefficient (Wildman–Crippen LogP) is 3.39. The van der Waals surface area contributed by atoms with Crippen LogP contribution in [0, 0.1) is 25.6 Å². The smallest absolute Gasteiger partial charge is 0.270 e. The van der Waals surface area contributed by atoms with Gasteiger partial charge in [-0.2, -0.15) is 5.11 Å². The number of nitrogens with zero attached hydrogens (tertiary/aromatic N) is 4. The van der Waals surface area contributed by atoms with Crippen molar-refractivity contribution in [3.63, 3.8) is 0 Å². The van der Waals surface area contributed by atoms with Gasteiger partial charge in [-0.1, -0.05) is 12.1 Å². The van der Waals surface area contributed by atoms with Crippen LogP contribution in [-0.4, -0.2) is 34.5 Å². The third-order valence-corrected chi connectivity index (χ3v) is 5.53. The third kappa shape index (κ3) is 6.65. The molecule has 170 valence electrons. The average molecular weight is 441 g/mol. The lowest BCUT2D eigenvalue weighted by atomic mass is 9.88. The molecular weight excluding hydrogens is 411 g/mol. The van der Waals surface area contributed by atoms with Crippen molar-refractivity contribution in [2.45, 2.75) is 52.2 Å². The average Bonchev–Trinajstić information content (AvgIpc) is 2.78. The lowest BCUT2D eigenvalue weighted by molar-refractivity contribution is 0.0945. The second kappa shape index (κ2) is 10.9. The van der Waals surface area contributed by atoms with Gasteiger partial charge in [0.2, 0.25) is 0 Å². The molecule has 0 aliphatic heterocycles. The number of carbonyl (C=O) groups excluding carboxylic acids is 1. The van der Waals surface area contributed by atoms with Crippen LogP contribution in [0.1, 0.15) is 58.6 Å². The number of aliphatic hydroxyl groups is 1. The van der Waals surface area contributed by atoms with Crippen LogP contribution < -0.4 is 11.1 Å². The van der Waals surface area contributed by atoms with Gasteiger partial charge in [-0.15, -0.1) is 5.10 Å². The number of nitrogens with one attached hydrogen (secondary N) is 1. The summed E-state index contributed by atoms with van der Waals surface area (Å²) in [6.07, 6.45) is 3.26. The maximum Gasteiger partial charge on any atom is 0.270 e. The molecule has 8 nitrogen and oxygen atoms in total. The second-order valence-electron chi connectivity index (χ2n) is 8.22. The molecule has 0 unspecified atom stereocenters. The lowest BCUT2D eigenvalue weighted by Crippen LogP contribution is -2.25. The zero-order chi connectivity index (χ0) is 23.1. The van der Waals surface area contributed by atoms with Crippen LogP contribution >= 0.6 is 0 Å². The molecule has 0 spiro atoms. The van der Waals surface area contributed by atoms with E-state index in [4.69, 9.17) is 5.73 Å². The van der Waals surface area contributed by atoms with Gasteiger partial charge in [0, 0.05) is 17.8 Å². The Morgan fingerprint density at radius 3 is 2.69 bits per heavy atom. The topological polar surface area (TPSA) is 125 Å². The largest absolute Gasteiger partial charge is 0.393 e. The summed E-state index contributed by atoms with van der Waals surface area (Å²) >= 11 is 0. The normalized spacial score (nSPS) is 19.3. The number of benzene rings is 1. The third-order valence-electron chi connectivity index (χ3n) is 5.53. The minimum atomic E-state index is -0.370. The molecule has 1 aromatic carbocycles. The van der Waals surface area contributed by atoms with Gasteiger partial charge in [-0.05, 0) is 80.0 Å². The monoisotopic (exact) mass is 440 g/mol. The van der Waals surface area contributed by atoms with Gasteiger partial charge in [0.25, 0.3) is 5.91 Å². The van der Waals surface area contributed by atoms with Crippen LogP contribution in [-0.2, 0) is 6.54 Å². The predicted molar refractivity (Wildman–Crippen MR) is 120 cm³/mol. The fraction of sp³-hybridized carbons (Fsp3) is 0.435. The molecule has 1 saturated carbocycles. The molecule has 0 bridgehead atoms. The first kappa shape index (κ1) is 23.5. The minimum absolute atomic E-state index is 0.140. The van der Waals surface area contributed by atoms with Gasteiger partial charge in [0.15, 0.2) is 5.84 Å². The summed E-state index contributed by atoms with van der Waals surface area (Å²) in [4.78, 5) is 16.8. The molecule has 32 heavy (non-hydrogen) atoms. The Labute approximate surface area is 186 Å². The fourth-order valence-electron chi connectivity index (χ4n) is 3.64. The van der Waals surface area contributed by atoms with Crippen LogP contribution in [0.25, 0.3) is 0 Å². The van der Waals surface area contributed by atoms with Gasteiger partial charge >= 0.3 is 0 Å². The summed E-state index contributed by atoms with van der Waals surface area (Å²) in [7, 11) is 0. The van der Waals surface area contributed by atoms with Crippen LogP contribution in [0.2, 0.25) is 0 Å². The van der Waals surface area contributed by atoms with Crippen LogP contribution in [0.4, 0.5) is 4.39 Å². The molecule has 1 amide bonds. The summed E-state index contributed by atoms with van der Waals surface area (Å²) < 4.78 is 13.4. The molecule has 9 heteroatoms. The standard InChI is InChI=1S/C23H29FN6O2/c1-14-9-17(5-8-20(14)24)12-26-23(32)21-11-18(10-15(2)28-21)22(25)29-30-27-13-16-3-6-19(31)7-4-16/h5,8-11,16,19,31H,3-4,6-7,12-13H2,1-2H3,(H,26,32)(H2,25,27,29).